The fourth-order valence-corrected chi connectivity index (χ4v) is 3.31. The van der Waals surface area contributed by atoms with Crippen LogP contribution in [0, 0.1) is 12.7 Å². The summed E-state index contributed by atoms with van der Waals surface area (Å²) in [6.45, 7) is 11.0. The quantitative estimate of drug-likeness (QED) is 0.692. The van der Waals surface area contributed by atoms with Crippen molar-refractivity contribution in [1.82, 2.24) is 24.6 Å². The van der Waals surface area contributed by atoms with Gasteiger partial charge in [0, 0.05) is 44.0 Å². The van der Waals surface area contributed by atoms with E-state index in [2.05, 4.69) is 46.7 Å². The molecule has 1 aliphatic heterocycles. The summed E-state index contributed by atoms with van der Waals surface area (Å²) in [5, 5.41) is 4.70. The summed E-state index contributed by atoms with van der Waals surface area (Å²) in [6.07, 6.45) is 5.08. The molecule has 7 nitrogen and oxygen atoms in total. The van der Waals surface area contributed by atoms with Crippen LogP contribution in [0.3, 0.4) is 0 Å². The molecule has 0 unspecified atom stereocenters. The molecule has 27 heavy (non-hydrogen) atoms. The number of anilines is 2. The Morgan fingerprint density at radius 3 is 2.30 bits per heavy atom. The smallest absolute Gasteiger partial charge is 0.186 e. The largest absolute Gasteiger partial charge is 0.351 e. The number of halogens is 1. The van der Waals surface area contributed by atoms with Crippen molar-refractivity contribution in [2.75, 3.05) is 36.0 Å². The van der Waals surface area contributed by atoms with Gasteiger partial charge < -0.3 is 9.80 Å². The van der Waals surface area contributed by atoms with Gasteiger partial charge in [0.05, 0.1) is 11.4 Å². The summed E-state index contributed by atoms with van der Waals surface area (Å²) in [5.41, 5.74) is 2.39. The lowest BCUT2D eigenvalue weighted by molar-refractivity contribution is 0.562. The van der Waals surface area contributed by atoms with Crippen molar-refractivity contribution < 1.29 is 4.39 Å². The van der Waals surface area contributed by atoms with Gasteiger partial charge in [0.2, 0.25) is 0 Å². The third-order valence-electron chi connectivity index (χ3n) is 4.96. The Labute approximate surface area is 157 Å². The van der Waals surface area contributed by atoms with Crippen LogP contribution in [0.2, 0.25) is 0 Å². The van der Waals surface area contributed by atoms with Crippen molar-refractivity contribution in [3.8, 4) is 0 Å². The average molecular weight is 369 g/mol. The molecule has 142 valence electrons. The SMILES string of the molecule is Cc1ncnc(N2CCN(c3nccn4nc(C(C)(C)C)cc34)CC2)c1F. The second-order valence-corrected chi connectivity index (χ2v) is 7.93. The van der Waals surface area contributed by atoms with E-state index < -0.39 is 0 Å². The minimum absolute atomic E-state index is 0.0234. The molecule has 3 aromatic rings. The molecular weight excluding hydrogens is 345 g/mol. The monoisotopic (exact) mass is 369 g/mol. The number of hydrogen-bond donors (Lipinski definition) is 0. The van der Waals surface area contributed by atoms with E-state index in [4.69, 9.17) is 5.10 Å². The van der Waals surface area contributed by atoms with Crippen molar-refractivity contribution in [2.24, 2.45) is 0 Å². The van der Waals surface area contributed by atoms with Crippen molar-refractivity contribution >= 4 is 17.2 Å². The lowest BCUT2D eigenvalue weighted by Gasteiger charge is -2.36. The lowest BCUT2D eigenvalue weighted by Crippen LogP contribution is -2.47. The first-order chi connectivity index (χ1) is 12.8. The predicted molar refractivity (Wildman–Crippen MR) is 103 cm³/mol. The molecule has 1 fully saturated rings. The summed E-state index contributed by atoms with van der Waals surface area (Å²) < 4.78 is 16.2. The molecular formula is C19H24FN7. The van der Waals surface area contributed by atoms with E-state index in [0.717, 1.165) is 30.1 Å². The van der Waals surface area contributed by atoms with Gasteiger partial charge in [0.15, 0.2) is 17.5 Å². The topological polar surface area (TPSA) is 62.5 Å². The Kier molecular flexibility index (Phi) is 4.20. The van der Waals surface area contributed by atoms with Crippen LogP contribution >= 0.6 is 0 Å². The van der Waals surface area contributed by atoms with E-state index in [1.165, 1.54) is 6.33 Å². The zero-order valence-electron chi connectivity index (χ0n) is 16.1. The third-order valence-corrected chi connectivity index (χ3v) is 4.96. The molecule has 0 spiro atoms. The Morgan fingerprint density at radius 2 is 1.63 bits per heavy atom. The van der Waals surface area contributed by atoms with Gasteiger partial charge >= 0.3 is 0 Å². The summed E-state index contributed by atoms with van der Waals surface area (Å²) in [4.78, 5) is 16.8. The van der Waals surface area contributed by atoms with Crippen molar-refractivity contribution in [1.29, 1.82) is 0 Å². The van der Waals surface area contributed by atoms with Crippen LogP contribution in [0.15, 0.2) is 24.8 Å². The fourth-order valence-electron chi connectivity index (χ4n) is 3.31. The maximum absolute atomic E-state index is 14.3. The molecule has 0 N–H and O–H groups in total. The zero-order chi connectivity index (χ0) is 19.2. The Morgan fingerprint density at radius 1 is 0.963 bits per heavy atom. The first-order valence-corrected chi connectivity index (χ1v) is 9.16. The van der Waals surface area contributed by atoms with Gasteiger partial charge in [-0.05, 0) is 13.0 Å². The molecule has 1 aliphatic rings. The standard InChI is InChI=1S/C19H24FN7/c1-13-16(20)18(23-12-22-13)26-9-7-25(8-10-26)17-14-11-15(19(2,3)4)24-27(14)6-5-21-17/h5-6,11-12H,7-10H2,1-4H3. The summed E-state index contributed by atoms with van der Waals surface area (Å²) >= 11 is 0. The minimum atomic E-state index is -0.336. The zero-order valence-corrected chi connectivity index (χ0v) is 16.1. The van der Waals surface area contributed by atoms with Crippen LogP contribution in [0.5, 0.6) is 0 Å². The fraction of sp³-hybridized carbons (Fsp3) is 0.474. The van der Waals surface area contributed by atoms with Gasteiger partial charge in [-0.15, -0.1) is 0 Å². The van der Waals surface area contributed by atoms with Crippen LogP contribution in [-0.2, 0) is 5.41 Å². The molecule has 0 saturated carbocycles. The summed E-state index contributed by atoms with van der Waals surface area (Å²) in [7, 11) is 0. The number of fused-ring (bicyclic) bond motifs is 1. The molecule has 0 bridgehead atoms. The molecule has 0 radical (unpaired) electrons. The van der Waals surface area contributed by atoms with Crippen LogP contribution in [0.25, 0.3) is 5.52 Å². The highest BCUT2D eigenvalue weighted by Crippen LogP contribution is 2.27. The van der Waals surface area contributed by atoms with Crippen LogP contribution in [0.4, 0.5) is 16.0 Å². The second-order valence-electron chi connectivity index (χ2n) is 7.93. The van der Waals surface area contributed by atoms with E-state index in [1.54, 1.807) is 13.1 Å². The van der Waals surface area contributed by atoms with Gasteiger partial charge in [-0.25, -0.2) is 23.9 Å². The second kappa shape index (κ2) is 6.44. The van der Waals surface area contributed by atoms with Gasteiger partial charge in [-0.2, -0.15) is 5.10 Å². The number of rotatable bonds is 2. The van der Waals surface area contributed by atoms with E-state index in [0.29, 0.717) is 24.6 Å². The molecule has 0 aliphatic carbocycles. The van der Waals surface area contributed by atoms with Gasteiger partial charge in [-0.3, -0.25) is 0 Å². The van der Waals surface area contributed by atoms with Crippen molar-refractivity contribution in [2.45, 2.75) is 33.1 Å². The van der Waals surface area contributed by atoms with E-state index in [1.807, 2.05) is 15.6 Å². The Bertz CT molecular complexity index is 968. The number of aryl methyl sites for hydroxylation is 1. The van der Waals surface area contributed by atoms with Crippen LogP contribution in [-0.4, -0.2) is 50.7 Å². The van der Waals surface area contributed by atoms with Gasteiger partial charge in [-0.1, -0.05) is 20.8 Å². The molecule has 4 heterocycles. The number of hydrogen-bond acceptors (Lipinski definition) is 6. The predicted octanol–water partition coefficient (Wildman–Crippen LogP) is 2.59. The third kappa shape index (κ3) is 3.20. The number of nitrogens with zero attached hydrogens (tertiary/aromatic N) is 7. The van der Waals surface area contributed by atoms with E-state index in [9.17, 15) is 4.39 Å². The first-order valence-electron chi connectivity index (χ1n) is 9.16. The lowest BCUT2D eigenvalue weighted by atomic mass is 9.92. The molecule has 0 atom stereocenters. The Balaban J connectivity index is 1.58. The highest BCUT2D eigenvalue weighted by molar-refractivity contribution is 5.70. The highest BCUT2D eigenvalue weighted by atomic mass is 19.1. The van der Waals surface area contributed by atoms with Gasteiger partial charge in [0.25, 0.3) is 0 Å². The minimum Gasteiger partial charge on any atom is -0.351 e. The van der Waals surface area contributed by atoms with E-state index in [-0.39, 0.29) is 11.2 Å². The normalized spacial score (nSPS) is 15.6. The first kappa shape index (κ1) is 17.6. The van der Waals surface area contributed by atoms with Crippen LogP contribution < -0.4 is 9.80 Å². The maximum Gasteiger partial charge on any atom is 0.186 e. The van der Waals surface area contributed by atoms with Crippen LogP contribution in [0.1, 0.15) is 32.2 Å². The molecule has 4 rings (SSSR count). The molecule has 8 heteroatoms. The highest BCUT2D eigenvalue weighted by Gasteiger charge is 2.25. The van der Waals surface area contributed by atoms with Gasteiger partial charge in [0.1, 0.15) is 11.8 Å². The van der Waals surface area contributed by atoms with Crippen molar-refractivity contribution in [3.63, 3.8) is 0 Å². The molecule has 0 amide bonds. The molecule has 3 aromatic heterocycles. The summed E-state index contributed by atoms with van der Waals surface area (Å²) in [5.74, 6) is 0.962. The average Bonchev–Trinajstić information content (AvgIpc) is 3.09. The van der Waals surface area contributed by atoms with Crippen molar-refractivity contribution in [3.05, 3.63) is 42.0 Å². The summed E-state index contributed by atoms with van der Waals surface area (Å²) in [6, 6.07) is 2.11. The number of aromatic nitrogens is 5. The molecule has 0 aromatic carbocycles. The Hall–Kier alpha value is -2.77. The maximum atomic E-state index is 14.3. The molecule has 1 saturated heterocycles. The van der Waals surface area contributed by atoms with E-state index >= 15 is 0 Å². The number of piperazine rings is 1.